The van der Waals surface area contributed by atoms with E-state index in [4.69, 9.17) is 9.60 Å². The van der Waals surface area contributed by atoms with Crippen molar-refractivity contribution in [2.75, 3.05) is 0 Å². The number of halogens is 1. The zero-order valence-electron chi connectivity index (χ0n) is 12.4. The van der Waals surface area contributed by atoms with Crippen LogP contribution in [0.1, 0.15) is 15.3 Å². The normalized spacial score (nSPS) is 21.0. The van der Waals surface area contributed by atoms with Gasteiger partial charge in [-0.05, 0) is 30.4 Å². The number of aryl methyl sites for hydroxylation is 1. The lowest BCUT2D eigenvalue weighted by atomic mass is 10.2. The van der Waals surface area contributed by atoms with E-state index in [1.54, 1.807) is 0 Å². The third-order valence-electron chi connectivity index (χ3n) is 1.28. The maximum Gasteiger partial charge on any atom is 0.0657 e. The minimum Gasteiger partial charge on any atom is -0.359 e. The van der Waals surface area contributed by atoms with Crippen molar-refractivity contribution >= 4 is 26.8 Å². The SMILES string of the molecule is [2H]c1c(Br)c([2H])c2[nH]c(C([2H])([2H])[2H])c([2H])c2c1[2H]. The van der Waals surface area contributed by atoms with Crippen molar-refractivity contribution in [1.82, 2.24) is 4.98 Å². The summed E-state index contributed by atoms with van der Waals surface area (Å²) in [6.45, 7) is -2.51. The number of aromatic nitrogens is 1. The van der Waals surface area contributed by atoms with Crippen LogP contribution in [0.2, 0.25) is 0 Å². The van der Waals surface area contributed by atoms with Crippen LogP contribution in [-0.2, 0) is 0 Å². The Bertz CT molecular complexity index is 643. The van der Waals surface area contributed by atoms with E-state index in [9.17, 15) is 0 Å². The summed E-state index contributed by atoms with van der Waals surface area (Å²) < 4.78 is 53.0. The summed E-state index contributed by atoms with van der Waals surface area (Å²) in [6, 6.07) is -0.943. The van der Waals surface area contributed by atoms with Crippen LogP contribution < -0.4 is 0 Å². The molecular weight excluding hydrogens is 202 g/mol. The highest BCUT2D eigenvalue weighted by molar-refractivity contribution is 9.10. The van der Waals surface area contributed by atoms with Crippen molar-refractivity contribution in [3.05, 3.63) is 34.3 Å². The molecule has 0 radical (unpaired) electrons. The first-order chi connectivity index (χ1) is 8.16. The Hall–Kier alpha value is -0.760. The van der Waals surface area contributed by atoms with Gasteiger partial charge in [0.15, 0.2) is 0 Å². The van der Waals surface area contributed by atoms with Crippen LogP contribution in [0.4, 0.5) is 0 Å². The summed E-state index contributed by atoms with van der Waals surface area (Å²) >= 11 is 3.02. The highest BCUT2D eigenvalue weighted by atomic mass is 79.9. The number of H-pyrrole nitrogens is 1. The monoisotopic (exact) mass is 216 g/mol. The van der Waals surface area contributed by atoms with E-state index in [2.05, 4.69) is 20.9 Å². The van der Waals surface area contributed by atoms with Crippen LogP contribution in [0.3, 0.4) is 0 Å². The van der Waals surface area contributed by atoms with E-state index in [1.807, 2.05) is 0 Å². The fourth-order valence-electron chi connectivity index (χ4n) is 0.852. The quantitative estimate of drug-likeness (QED) is 0.697. The van der Waals surface area contributed by atoms with Gasteiger partial charge in [0, 0.05) is 19.8 Å². The van der Waals surface area contributed by atoms with Gasteiger partial charge in [-0.15, -0.1) is 0 Å². The molecule has 0 bridgehead atoms. The van der Waals surface area contributed by atoms with Crippen molar-refractivity contribution in [3.63, 3.8) is 0 Å². The third kappa shape index (κ3) is 1.18. The summed E-state index contributed by atoms with van der Waals surface area (Å²) in [6.07, 6.45) is 0. The van der Waals surface area contributed by atoms with Crippen LogP contribution in [0.5, 0.6) is 0 Å². The maximum atomic E-state index is 7.79. The maximum absolute atomic E-state index is 7.79. The Labute approximate surface area is 83.4 Å². The molecule has 0 unspecified atom stereocenters. The number of aromatic amines is 1. The Kier molecular flexibility index (Phi) is 0.568. The molecule has 1 N–H and O–H groups in total. The summed E-state index contributed by atoms with van der Waals surface area (Å²) in [5.41, 5.74) is -0.212. The van der Waals surface area contributed by atoms with E-state index in [0.717, 1.165) is 0 Å². The van der Waals surface area contributed by atoms with Gasteiger partial charge in [0.2, 0.25) is 0 Å². The molecule has 0 atom stereocenters. The summed E-state index contributed by atoms with van der Waals surface area (Å²) in [7, 11) is 0. The first-order valence-electron chi connectivity index (χ1n) is 6.44. The first kappa shape index (κ1) is 2.63. The van der Waals surface area contributed by atoms with Gasteiger partial charge in [0.05, 0.1) is 5.48 Å². The van der Waals surface area contributed by atoms with Gasteiger partial charge in [-0.1, -0.05) is 22.0 Å². The predicted molar refractivity (Wildman–Crippen MR) is 50.7 cm³/mol. The number of benzene rings is 1. The molecule has 2 rings (SSSR count). The summed E-state index contributed by atoms with van der Waals surface area (Å²) in [5.74, 6) is 0. The van der Waals surface area contributed by atoms with E-state index in [0.29, 0.717) is 0 Å². The number of hydrogen-bond donors (Lipinski definition) is 1. The summed E-state index contributed by atoms with van der Waals surface area (Å²) in [5, 5.41) is -0.000625. The number of rotatable bonds is 0. The second kappa shape index (κ2) is 2.38. The van der Waals surface area contributed by atoms with Crippen LogP contribution in [0.25, 0.3) is 10.9 Å². The van der Waals surface area contributed by atoms with Gasteiger partial charge in [-0.3, -0.25) is 0 Å². The lowest BCUT2D eigenvalue weighted by molar-refractivity contribution is 1.30. The topological polar surface area (TPSA) is 15.8 Å². The molecule has 0 saturated carbocycles. The molecular formula is C9H8BrN. The molecule has 0 fully saturated rings. The van der Waals surface area contributed by atoms with Gasteiger partial charge in [0.1, 0.15) is 0 Å². The number of hydrogen-bond acceptors (Lipinski definition) is 0. The second-order valence-electron chi connectivity index (χ2n) is 2.06. The zero-order valence-corrected chi connectivity index (χ0v) is 6.96. The van der Waals surface area contributed by atoms with Gasteiger partial charge >= 0.3 is 0 Å². The van der Waals surface area contributed by atoms with E-state index < -0.39 is 6.85 Å². The van der Waals surface area contributed by atoms with Gasteiger partial charge in [-0.25, -0.2) is 0 Å². The van der Waals surface area contributed by atoms with Crippen LogP contribution in [0.15, 0.2) is 28.6 Å². The van der Waals surface area contributed by atoms with Crippen molar-refractivity contribution in [2.45, 2.75) is 6.85 Å². The smallest absolute Gasteiger partial charge is 0.0657 e. The molecule has 0 spiro atoms. The molecule has 1 heterocycles. The Morgan fingerprint density at radius 2 is 2.45 bits per heavy atom. The van der Waals surface area contributed by atoms with E-state index >= 15 is 0 Å². The Morgan fingerprint density at radius 3 is 3.27 bits per heavy atom. The molecule has 1 aromatic heterocycles. The minimum absolute atomic E-state index is 0.000625. The average Bonchev–Trinajstić information content (AvgIpc) is 2.61. The highest BCUT2D eigenvalue weighted by Gasteiger charge is 1.95. The highest BCUT2D eigenvalue weighted by Crippen LogP contribution is 2.19. The zero-order chi connectivity index (χ0) is 13.8. The third-order valence-corrected chi connectivity index (χ3v) is 1.68. The molecule has 56 valence electrons. The first-order valence-corrected chi connectivity index (χ1v) is 3.73. The minimum atomic E-state index is -2.51. The molecule has 2 aromatic rings. The molecule has 0 aliphatic carbocycles. The van der Waals surface area contributed by atoms with Crippen molar-refractivity contribution < 1.29 is 9.60 Å². The van der Waals surface area contributed by atoms with Crippen molar-refractivity contribution in [1.29, 1.82) is 0 Å². The van der Waals surface area contributed by atoms with E-state index in [1.165, 1.54) is 0 Å². The molecule has 0 amide bonds. The lowest BCUT2D eigenvalue weighted by Gasteiger charge is -1.89. The van der Waals surface area contributed by atoms with Crippen LogP contribution in [-0.4, -0.2) is 4.98 Å². The summed E-state index contributed by atoms with van der Waals surface area (Å²) in [4.78, 5) is 2.51. The fraction of sp³-hybridized carbons (Fsp3) is 0.111. The standard InChI is InChI=1S/C9H8BrN/c1-6-4-7-2-3-8(10)5-9(7)11-6/h2-5,11H,1H3/i1D3,2D,3D,4D,5D. The molecule has 0 saturated heterocycles. The van der Waals surface area contributed by atoms with E-state index in [-0.39, 0.29) is 45.2 Å². The van der Waals surface area contributed by atoms with Gasteiger partial charge in [0.25, 0.3) is 0 Å². The number of nitrogens with one attached hydrogen (secondary N) is 1. The predicted octanol–water partition coefficient (Wildman–Crippen LogP) is 3.24. The average molecular weight is 217 g/mol. The molecule has 1 aromatic carbocycles. The molecule has 0 aliphatic rings. The van der Waals surface area contributed by atoms with Crippen molar-refractivity contribution in [2.24, 2.45) is 0 Å². The van der Waals surface area contributed by atoms with Crippen LogP contribution >= 0.6 is 15.9 Å². The second-order valence-corrected chi connectivity index (χ2v) is 2.86. The van der Waals surface area contributed by atoms with Crippen molar-refractivity contribution in [3.8, 4) is 0 Å². The molecule has 2 heteroatoms. The van der Waals surface area contributed by atoms with Crippen LogP contribution in [0, 0.1) is 6.85 Å². The Balaban J connectivity index is 2.98. The molecule has 11 heavy (non-hydrogen) atoms. The molecule has 1 nitrogen and oxygen atoms in total. The van der Waals surface area contributed by atoms with Gasteiger partial charge in [-0.2, -0.15) is 0 Å². The van der Waals surface area contributed by atoms with Gasteiger partial charge < -0.3 is 4.98 Å². The molecule has 0 aliphatic heterocycles. The largest absolute Gasteiger partial charge is 0.359 e. The number of fused-ring (bicyclic) bond motifs is 1. The Morgan fingerprint density at radius 1 is 1.55 bits per heavy atom. The lowest BCUT2D eigenvalue weighted by Crippen LogP contribution is -1.67. The fourth-order valence-corrected chi connectivity index (χ4v) is 1.15.